The molecule has 0 bridgehead atoms. The number of thioether (sulfide) groups is 1. The van der Waals surface area contributed by atoms with Gasteiger partial charge in [-0.2, -0.15) is 0 Å². The maximum absolute atomic E-state index is 12.2. The van der Waals surface area contributed by atoms with Gasteiger partial charge in [-0.05, 0) is 36.4 Å². The summed E-state index contributed by atoms with van der Waals surface area (Å²) in [6.07, 6.45) is 5.12. The molecule has 2 N–H and O–H groups in total. The van der Waals surface area contributed by atoms with Gasteiger partial charge in [0.05, 0.1) is 31.9 Å². The maximum Gasteiger partial charge on any atom is 0.234 e. The van der Waals surface area contributed by atoms with Crippen molar-refractivity contribution in [3.05, 3.63) is 48.2 Å². The lowest BCUT2D eigenvalue weighted by Gasteiger charge is -2.11. The van der Waals surface area contributed by atoms with Gasteiger partial charge in [-0.1, -0.05) is 11.8 Å². The quantitative estimate of drug-likeness (QED) is 0.573. The van der Waals surface area contributed by atoms with Gasteiger partial charge in [-0.3, -0.25) is 9.89 Å². The number of furan rings is 1. The highest BCUT2D eigenvalue weighted by molar-refractivity contribution is 7.99. The molecule has 3 rings (SSSR count). The van der Waals surface area contributed by atoms with E-state index < -0.39 is 0 Å². The molecule has 1 amide bonds. The molecule has 8 nitrogen and oxygen atoms in total. The number of ether oxygens (including phenoxy) is 2. The van der Waals surface area contributed by atoms with E-state index in [1.807, 2.05) is 6.07 Å². The Bertz CT molecular complexity index is 921. The number of carbonyl (C=O) groups excluding carboxylic acids is 1. The zero-order valence-corrected chi connectivity index (χ0v) is 15.6. The van der Waals surface area contributed by atoms with E-state index in [-0.39, 0.29) is 11.7 Å². The summed E-state index contributed by atoms with van der Waals surface area (Å²) in [6.45, 7) is 0. The van der Waals surface area contributed by atoms with Gasteiger partial charge in [0.15, 0.2) is 0 Å². The fraction of sp³-hybridized carbons (Fsp3) is 0.167. The molecule has 1 aromatic carbocycles. The molecule has 3 aromatic rings. The smallest absolute Gasteiger partial charge is 0.234 e. The van der Waals surface area contributed by atoms with E-state index >= 15 is 0 Å². The van der Waals surface area contributed by atoms with Gasteiger partial charge >= 0.3 is 0 Å². The highest BCUT2D eigenvalue weighted by Crippen LogP contribution is 2.29. The molecule has 0 saturated carbocycles. The summed E-state index contributed by atoms with van der Waals surface area (Å²) in [5.41, 5.74) is 0.570. The molecule has 27 heavy (non-hydrogen) atoms. The summed E-state index contributed by atoms with van der Waals surface area (Å²) in [5.74, 6) is 2.43. The first kappa shape index (κ1) is 18.6. The third-order valence-electron chi connectivity index (χ3n) is 3.45. The van der Waals surface area contributed by atoms with Crippen LogP contribution in [0.4, 0.5) is 5.69 Å². The molecule has 0 radical (unpaired) electrons. The molecule has 0 saturated heterocycles. The molecular weight excluding hydrogens is 368 g/mol. The topological polar surface area (TPSA) is 102 Å². The molecule has 9 heteroatoms. The minimum absolute atomic E-state index is 0.161. The first-order valence-corrected chi connectivity index (χ1v) is 8.95. The van der Waals surface area contributed by atoms with Crippen LogP contribution in [0, 0.1) is 0 Å². The number of nitrogens with zero attached hydrogens (tertiary/aromatic N) is 2. The number of carbonyl (C=O) groups is 1. The fourth-order valence-electron chi connectivity index (χ4n) is 2.16. The molecule has 2 aromatic heterocycles. The summed E-state index contributed by atoms with van der Waals surface area (Å²) >= 11 is 1.22. The van der Waals surface area contributed by atoms with E-state index in [2.05, 4.69) is 20.5 Å². The lowest BCUT2D eigenvalue weighted by molar-refractivity contribution is -0.113. The second-order valence-corrected chi connectivity index (χ2v) is 6.20. The minimum atomic E-state index is -0.194. The van der Waals surface area contributed by atoms with Crippen molar-refractivity contribution in [2.45, 2.75) is 5.16 Å². The second kappa shape index (κ2) is 8.95. The van der Waals surface area contributed by atoms with Crippen molar-refractivity contribution in [3.8, 4) is 11.5 Å². The van der Waals surface area contributed by atoms with Crippen LogP contribution in [0.1, 0.15) is 11.6 Å². The first-order valence-electron chi connectivity index (χ1n) is 7.96. The normalized spacial score (nSPS) is 10.9. The Labute approximate surface area is 160 Å². The number of amides is 1. The van der Waals surface area contributed by atoms with Crippen LogP contribution in [0.15, 0.2) is 46.2 Å². The average molecular weight is 386 g/mol. The molecule has 2 heterocycles. The van der Waals surface area contributed by atoms with Crippen molar-refractivity contribution in [2.24, 2.45) is 0 Å². The van der Waals surface area contributed by atoms with Gasteiger partial charge in [-0.15, -0.1) is 5.10 Å². The van der Waals surface area contributed by atoms with E-state index in [0.717, 1.165) is 0 Å². The Morgan fingerprint density at radius 2 is 2.19 bits per heavy atom. The van der Waals surface area contributed by atoms with Crippen LogP contribution >= 0.6 is 11.8 Å². The predicted octanol–water partition coefficient (Wildman–Crippen LogP) is 3.32. The van der Waals surface area contributed by atoms with Crippen LogP contribution in [0.3, 0.4) is 0 Å². The molecule has 0 aliphatic rings. The highest BCUT2D eigenvalue weighted by atomic mass is 32.2. The minimum Gasteiger partial charge on any atom is -0.497 e. The Balaban J connectivity index is 1.54. The van der Waals surface area contributed by atoms with Crippen LogP contribution in [0.5, 0.6) is 11.5 Å². The summed E-state index contributed by atoms with van der Waals surface area (Å²) in [5, 5.41) is 10.2. The van der Waals surface area contributed by atoms with Gasteiger partial charge in [0, 0.05) is 6.07 Å². The van der Waals surface area contributed by atoms with Crippen LogP contribution < -0.4 is 14.8 Å². The summed E-state index contributed by atoms with van der Waals surface area (Å²) < 4.78 is 15.6. The lowest BCUT2D eigenvalue weighted by Crippen LogP contribution is -2.14. The third-order valence-corrected chi connectivity index (χ3v) is 4.29. The fourth-order valence-corrected chi connectivity index (χ4v) is 2.77. The van der Waals surface area contributed by atoms with Crippen LogP contribution in [-0.4, -0.2) is 41.1 Å². The van der Waals surface area contributed by atoms with Gasteiger partial charge in [0.25, 0.3) is 0 Å². The van der Waals surface area contributed by atoms with Gasteiger partial charge < -0.3 is 19.2 Å². The molecule has 0 fully saturated rings. The molecule has 0 spiro atoms. The maximum atomic E-state index is 12.2. The number of anilines is 1. The predicted molar refractivity (Wildman–Crippen MR) is 103 cm³/mol. The van der Waals surface area contributed by atoms with Crippen molar-refractivity contribution in [3.63, 3.8) is 0 Å². The average Bonchev–Trinajstić information content (AvgIpc) is 3.36. The summed E-state index contributed by atoms with van der Waals surface area (Å²) in [4.78, 5) is 16.5. The molecule has 0 atom stereocenters. The second-order valence-electron chi connectivity index (χ2n) is 5.26. The number of benzene rings is 1. The van der Waals surface area contributed by atoms with Crippen molar-refractivity contribution >= 4 is 35.5 Å². The van der Waals surface area contributed by atoms with Crippen molar-refractivity contribution < 1.29 is 18.7 Å². The van der Waals surface area contributed by atoms with E-state index in [0.29, 0.717) is 33.9 Å². The van der Waals surface area contributed by atoms with E-state index in [1.54, 1.807) is 49.8 Å². The number of hydrogen-bond donors (Lipinski definition) is 2. The largest absolute Gasteiger partial charge is 0.497 e. The zero-order chi connectivity index (χ0) is 19.1. The standard InChI is InChI=1S/C18H18N4O4S/c1-24-13-5-7-14(15(10-13)25-2)19-17(23)11-27-18-20-16(21-22-18)8-6-12-4-3-9-26-12/h3-10H,11H2,1-2H3,(H,19,23)(H,20,21,22). The number of hydrogen-bond acceptors (Lipinski definition) is 7. The van der Waals surface area contributed by atoms with Crippen LogP contribution in [0.25, 0.3) is 12.2 Å². The number of aromatic nitrogens is 3. The molecular formula is C18H18N4O4S. The molecule has 0 aliphatic carbocycles. The van der Waals surface area contributed by atoms with E-state index in [9.17, 15) is 4.79 Å². The molecule has 0 unspecified atom stereocenters. The Morgan fingerprint density at radius 1 is 1.30 bits per heavy atom. The number of methoxy groups -OCH3 is 2. The van der Waals surface area contributed by atoms with Gasteiger partial charge in [-0.25, -0.2) is 4.98 Å². The Morgan fingerprint density at radius 3 is 2.93 bits per heavy atom. The Kier molecular flexibility index (Phi) is 6.16. The summed E-state index contributed by atoms with van der Waals surface area (Å²) in [6, 6.07) is 8.82. The highest BCUT2D eigenvalue weighted by Gasteiger charge is 2.11. The van der Waals surface area contributed by atoms with E-state index in [4.69, 9.17) is 13.9 Å². The summed E-state index contributed by atoms with van der Waals surface area (Å²) in [7, 11) is 3.10. The van der Waals surface area contributed by atoms with Crippen molar-refractivity contribution in [2.75, 3.05) is 25.3 Å². The zero-order valence-electron chi connectivity index (χ0n) is 14.8. The van der Waals surface area contributed by atoms with Crippen LogP contribution in [-0.2, 0) is 4.79 Å². The number of aromatic amines is 1. The molecule has 140 valence electrons. The van der Waals surface area contributed by atoms with Crippen molar-refractivity contribution in [1.82, 2.24) is 15.2 Å². The van der Waals surface area contributed by atoms with Crippen molar-refractivity contribution in [1.29, 1.82) is 0 Å². The van der Waals surface area contributed by atoms with Gasteiger partial charge in [0.2, 0.25) is 11.1 Å². The van der Waals surface area contributed by atoms with E-state index in [1.165, 1.54) is 18.9 Å². The monoisotopic (exact) mass is 386 g/mol. The lowest BCUT2D eigenvalue weighted by atomic mass is 10.2. The number of rotatable bonds is 8. The third kappa shape index (κ3) is 5.14. The molecule has 0 aliphatic heterocycles. The van der Waals surface area contributed by atoms with Crippen LogP contribution in [0.2, 0.25) is 0 Å². The Hall–Kier alpha value is -3.20. The number of nitrogens with one attached hydrogen (secondary N) is 2. The number of H-pyrrole nitrogens is 1. The SMILES string of the molecule is COc1ccc(NC(=O)CSc2n[nH]c(C=Cc3ccco3)n2)c(OC)c1. The first-order chi connectivity index (χ1) is 13.2. The van der Waals surface area contributed by atoms with Gasteiger partial charge in [0.1, 0.15) is 23.1 Å².